The molecular formula is C6H16AlLi. The Balaban J connectivity index is -0.000000180. The quantitative estimate of drug-likeness (QED) is 0.420. The molecule has 0 saturated heterocycles. The summed E-state index contributed by atoms with van der Waals surface area (Å²) in [6.45, 7) is 9.30. The molecule has 0 saturated carbocycles. The van der Waals surface area contributed by atoms with Gasteiger partial charge in [0.15, 0.2) is 0 Å². The first kappa shape index (κ1) is 11.9. The van der Waals surface area contributed by atoms with Gasteiger partial charge in [0, 0.05) is 0 Å². The first-order chi connectivity index (χ1) is 3.13. The van der Waals surface area contributed by atoms with Crippen molar-refractivity contribution in [3.63, 3.8) is 0 Å². The first-order valence-electron chi connectivity index (χ1n) is 3.13. The van der Waals surface area contributed by atoms with Crippen molar-refractivity contribution < 1.29 is 20.3 Å². The van der Waals surface area contributed by atoms with Crippen LogP contribution in [-0.4, -0.2) is 15.2 Å². The Morgan fingerprint density at radius 1 is 1.00 bits per heavy atom. The molecule has 0 amide bonds. The average molecular weight is 122 g/mol. The Bertz CT molecular complexity index is 42.3. The molecule has 0 atom stereocenters. The van der Waals surface area contributed by atoms with Crippen molar-refractivity contribution in [2.45, 2.75) is 37.3 Å². The third-order valence-electron chi connectivity index (χ3n) is 0.943. The number of rotatable bonds is 2. The summed E-state index contributed by atoms with van der Waals surface area (Å²) < 4.78 is 2.03. The molecule has 0 aliphatic rings. The Labute approximate surface area is 72.8 Å². The van der Waals surface area contributed by atoms with Crippen molar-refractivity contribution >= 4 is 15.2 Å². The maximum absolute atomic E-state index is 2.33. The molecule has 0 unspecified atom stereocenters. The van der Waals surface area contributed by atoms with E-state index in [4.69, 9.17) is 0 Å². The first-order valence-corrected chi connectivity index (χ1v) is 4.76. The molecule has 0 N–H and O–H groups in total. The summed E-state index contributed by atoms with van der Waals surface area (Å²) in [5.41, 5.74) is 0. The Hall–Kier alpha value is 1.13. The zero-order chi connectivity index (χ0) is 5.86. The molecule has 0 aliphatic heterocycles. The van der Waals surface area contributed by atoms with E-state index in [9.17, 15) is 0 Å². The minimum absolute atomic E-state index is 0. The van der Waals surface area contributed by atoms with Crippen LogP contribution in [0.5, 0.6) is 0 Å². The largest absolute Gasteiger partial charge is 1.00 e. The van der Waals surface area contributed by atoms with Crippen LogP contribution in [0.15, 0.2) is 0 Å². The van der Waals surface area contributed by atoms with Crippen LogP contribution in [-0.2, 0) is 0 Å². The zero-order valence-corrected chi connectivity index (χ0v) is 8.28. The molecule has 0 aromatic carbocycles. The van der Waals surface area contributed by atoms with Gasteiger partial charge >= 0.3 is 18.9 Å². The maximum atomic E-state index is 2.33. The van der Waals surface area contributed by atoms with Crippen LogP contribution in [0, 0.1) is 0 Å². The van der Waals surface area contributed by atoms with Crippen molar-refractivity contribution in [3.8, 4) is 0 Å². The predicted octanol–water partition coefficient (Wildman–Crippen LogP) is -0.804. The second-order valence-electron chi connectivity index (χ2n) is 3.02. The third kappa shape index (κ3) is 10.2. The Morgan fingerprint density at radius 3 is 1.25 bits per heavy atom. The molecule has 2 heteroatoms. The summed E-state index contributed by atoms with van der Waals surface area (Å²) in [5, 5.41) is 0. The van der Waals surface area contributed by atoms with Gasteiger partial charge in [0.1, 0.15) is 0 Å². The van der Waals surface area contributed by atoms with Crippen molar-refractivity contribution in [1.82, 2.24) is 0 Å². The van der Waals surface area contributed by atoms with Gasteiger partial charge in [-0.25, -0.2) is 0 Å². The molecule has 8 heavy (non-hydrogen) atoms. The van der Waals surface area contributed by atoms with Gasteiger partial charge in [0.05, 0.1) is 0 Å². The maximum Gasteiger partial charge on any atom is 1.00 e. The van der Waals surface area contributed by atoms with Gasteiger partial charge in [-0.15, -0.1) is 0 Å². The monoisotopic (exact) mass is 122 g/mol. The number of hydrogen-bond donors (Lipinski definition) is 0. The summed E-state index contributed by atoms with van der Waals surface area (Å²) in [4.78, 5) is 0. The fourth-order valence-electron chi connectivity index (χ4n) is 0.943. The fourth-order valence-corrected chi connectivity index (χ4v) is 2.83. The van der Waals surface area contributed by atoms with E-state index >= 15 is 0 Å². The zero-order valence-electron chi connectivity index (χ0n) is 7.86. The van der Waals surface area contributed by atoms with Crippen LogP contribution >= 0.6 is 0 Å². The van der Waals surface area contributed by atoms with Crippen LogP contribution in [0.4, 0.5) is 0 Å². The standard InChI is InChI=1S/2C3H7.Al.Li.2H/c2*1-3-2;;;;/h2*3H,1-2H3;;;;/q;;;+1;;-1. The summed E-state index contributed by atoms with van der Waals surface area (Å²) in [6, 6.07) is 0. The SMILES string of the molecule is C[CH](C)[AlH][CH](C)C.[H-].[Li+]. The van der Waals surface area contributed by atoms with Crippen molar-refractivity contribution in [1.29, 1.82) is 0 Å². The number of hydrogen-bond acceptors (Lipinski definition) is 0. The van der Waals surface area contributed by atoms with E-state index in [1.165, 1.54) is 0 Å². The predicted molar refractivity (Wildman–Crippen MR) is 38.5 cm³/mol. The molecule has 0 aliphatic carbocycles. The molecule has 0 radical (unpaired) electrons. The van der Waals surface area contributed by atoms with Gasteiger partial charge in [-0.3, -0.25) is 0 Å². The van der Waals surface area contributed by atoms with E-state index < -0.39 is 0 Å². The summed E-state index contributed by atoms with van der Waals surface area (Å²) in [7, 11) is 0. The Morgan fingerprint density at radius 2 is 1.25 bits per heavy atom. The molecule has 0 heterocycles. The van der Waals surface area contributed by atoms with Crippen LogP contribution < -0.4 is 18.9 Å². The molecule has 0 bridgehead atoms. The van der Waals surface area contributed by atoms with Crippen LogP contribution in [0.3, 0.4) is 0 Å². The molecule has 0 rings (SSSR count). The molecule has 0 fully saturated rings. The average Bonchev–Trinajstić information content (AvgIpc) is 1.27. The van der Waals surface area contributed by atoms with E-state index in [2.05, 4.69) is 27.7 Å². The molecule has 0 spiro atoms. The summed E-state index contributed by atoms with van der Waals surface area (Å²) in [5.74, 6) is 0. The van der Waals surface area contributed by atoms with Crippen LogP contribution in [0.25, 0.3) is 0 Å². The molecule has 0 aromatic heterocycles. The fraction of sp³-hybridized carbons (Fsp3) is 1.00. The van der Waals surface area contributed by atoms with E-state index in [1.807, 2.05) is 0 Å². The second kappa shape index (κ2) is 6.25. The molecular weight excluding hydrogens is 106 g/mol. The third-order valence-corrected chi connectivity index (χ3v) is 2.83. The van der Waals surface area contributed by atoms with Gasteiger partial charge in [0.25, 0.3) is 0 Å². The second-order valence-corrected chi connectivity index (χ2v) is 6.76. The van der Waals surface area contributed by atoms with Crippen molar-refractivity contribution in [3.05, 3.63) is 0 Å². The van der Waals surface area contributed by atoms with Gasteiger partial charge in [-0.05, 0) is 0 Å². The van der Waals surface area contributed by atoms with E-state index in [1.54, 1.807) is 0 Å². The Kier molecular flexibility index (Phi) is 9.28. The minimum atomic E-state index is 0. The van der Waals surface area contributed by atoms with Crippen LogP contribution in [0.1, 0.15) is 29.1 Å². The summed E-state index contributed by atoms with van der Waals surface area (Å²) in [6.07, 6.45) is 0. The van der Waals surface area contributed by atoms with E-state index in [0.29, 0.717) is 0 Å². The van der Waals surface area contributed by atoms with Crippen molar-refractivity contribution in [2.75, 3.05) is 0 Å². The van der Waals surface area contributed by atoms with E-state index in [-0.39, 0.29) is 35.5 Å². The van der Waals surface area contributed by atoms with E-state index in [0.717, 1.165) is 9.56 Å². The summed E-state index contributed by atoms with van der Waals surface area (Å²) >= 11 is 0.281. The van der Waals surface area contributed by atoms with Gasteiger partial charge in [-0.2, -0.15) is 0 Å². The van der Waals surface area contributed by atoms with Crippen LogP contribution in [0.2, 0.25) is 9.56 Å². The van der Waals surface area contributed by atoms with Gasteiger partial charge in [-0.1, -0.05) is 37.3 Å². The normalized spacial score (nSPS) is 9.25. The molecule has 0 aromatic rings. The van der Waals surface area contributed by atoms with Gasteiger partial charge < -0.3 is 1.43 Å². The topological polar surface area (TPSA) is 0 Å². The minimum Gasteiger partial charge on any atom is -1.00 e. The van der Waals surface area contributed by atoms with Gasteiger partial charge in [0.2, 0.25) is 15.2 Å². The van der Waals surface area contributed by atoms with Crippen molar-refractivity contribution in [2.24, 2.45) is 0 Å². The molecule has 44 valence electrons. The smallest absolute Gasteiger partial charge is 1.00 e. The molecule has 0 nitrogen and oxygen atoms in total.